The van der Waals surface area contributed by atoms with Gasteiger partial charge in [-0.2, -0.15) is 0 Å². The molecule has 0 bridgehead atoms. The molecule has 3 rings (SSSR count). The minimum atomic E-state index is -0.842. The van der Waals surface area contributed by atoms with Crippen LogP contribution in [0.2, 0.25) is 0 Å². The standard InChI is InChI=1S/C14H15NO3/c16-13(11-7-12(11)14(17)18)15-6-5-9-3-1-2-4-10(9)8-15/h1-4,11-12H,5-8H2,(H,17,18)/t11-,12+/m0/s1. The molecule has 0 unspecified atom stereocenters. The maximum Gasteiger partial charge on any atom is 0.307 e. The van der Waals surface area contributed by atoms with Gasteiger partial charge >= 0.3 is 5.97 Å². The lowest BCUT2D eigenvalue weighted by molar-refractivity contribution is -0.142. The van der Waals surface area contributed by atoms with Crippen molar-refractivity contribution in [3.05, 3.63) is 35.4 Å². The Balaban J connectivity index is 1.70. The van der Waals surface area contributed by atoms with Crippen LogP contribution in [-0.4, -0.2) is 28.4 Å². The first-order chi connectivity index (χ1) is 8.66. The maximum atomic E-state index is 12.1. The number of hydrogen-bond acceptors (Lipinski definition) is 2. The van der Waals surface area contributed by atoms with E-state index >= 15 is 0 Å². The molecule has 94 valence electrons. The predicted octanol–water partition coefficient (Wildman–Crippen LogP) is 1.29. The number of rotatable bonds is 2. The van der Waals surface area contributed by atoms with Crippen LogP contribution in [0.15, 0.2) is 24.3 Å². The molecule has 1 aliphatic carbocycles. The third-order valence-corrected chi connectivity index (χ3v) is 3.87. The molecular weight excluding hydrogens is 230 g/mol. The van der Waals surface area contributed by atoms with E-state index in [2.05, 4.69) is 6.07 Å². The molecule has 1 fully saturated rings. The summed E-state index contributed by atoms with van der Waals surface area (Å²) in [6.45, 7) is 1.33. The number of aliphatic carboxylic acids is 1. The monoisotopic (exact) mass is 245 g/mol. The number of carboxylic acids is 1. The fourth-order valence-electron chi connectivity index (χ4n) is 2.66. The Kier molecular flexibility index (Phi) is 2.58. The van der Waals surface area contributed by atoms with Crippen molar-refractivity contribution in [2.45, 2.75) is 19.4 Å². The second-order valence-corrected chi connectivity index (χ2v) is 5.07. The molecule has 1 N–H and O–H groups in total. The maximum absolute atomic E-state index is 12.1. The van der Waals surface area contributed by atoms with Crippen molar-refractivity contribution in [3.8, 4) is 0 Å². The van der Waals surface area contributed by atoms with Crippen LogP contribution < -0.4 is 0 Å². The van der Waals surface area contributed by atoms with Crippen LogP contribution in [0.5, 0.6) is 0 Å². The summed E-state index contributed by atoms with van der Waals surface area (Å²) in [5.74, 6) is -1.56. The predicted molar refractivity (Wildman–Crippen MR) is 64.8 cm³/mol. The number of hydrogen-bond donors (Lipinski definition) is 1. The number of carbonyl (C=O) groups excluding carboxylic acids is 1. The number of carboxylic acid groups (broad SMARTS) is 1. The van der Waals surface area contributed by atoms with Crippen LogP contribution in [-0.2, 0) is 22.6 Å². The molecule has 1 aliphatic heterocycles. The molecule has 0 saturated heterocycles. The highest BCUT2D eigenvalue weighted by Gasteiger charge is 2.49. The van der Waals surface area contributed by atoms with Crippen molar-refractivity contribution in [1.29, 1.82) is 0 Å². The molecule has 1 aromatic rings. The van der Waals surface area contributed by atoms with Gasteiger partial charge in [0.15, 0.2) is 0 Å². The third kappa shape index (κ3) is 1.88. The van der Waals surface area contributed by atoms with Crippen molar-refractivity contribution in [1.82, 2.24) is 4.90 Å². The van der Waals surface area contributed by atoms with Gasteiger partial charge in [-0.25, -0.2) is 0 Å². The van der Waals surface area contributed by atoms with Crippen LogP contribution >= 0.6 is 0 Å². The molecule has 4 nitrogen and oxygen atoms in total. The molecule has 0 spiro atoms. The van der Waals surface area contributed by atoms with Gasteiger partial charge in [0.05, 0.1) is 11.8 Å². The number of carbonyl (C=O) groups is 2. The lowest BCUT2D eigenvalue weighted by Gasteiger charge is -2.29. The molecule has 1 aromatic carbocycles. The molecule has 1 heterocycles. The van der Waals surface area contributed by atoms with Gasteiger partial charge < -0.3 is 10.0 Å². The highest BCUT2D eigenvalue weighted by molar-refractivity contribution is 5.89. The van der Waals surface area contributed by atoms with Gasteiger partial charge in [0, 0.05) is 13.1 Å². The summed E-state index contributed by atoms with van der Waals surface area (Å²) < 4.78 is 0. The zero-order valence-electron chi connectivity index (χ0n) is 10.0. The van der Waals surface area contributed by atoms with Gasteiger partial charge in [0.1, 0.15) is 0 Å². The summed E-state index contributed by atoms with van der Waals surface area (Å²) in [5.41, 5.74) is 2.48. The number of nitrogens with zero attached hydrogens (tertiary/aromatic N) is 1. The average molecular weight is 245 g/mol. The van der Waals surface area contributed by atoms with E-state index in [1.54, 1.807) is 4.90 Å². The molecule has 4 heteroatoms. The molecule has 0 radical (unpaired) electrons. The Hall–Kier alpha value is -1.84. The first-order valence-electron chi connectivity index (χ1n) is 6.25. The normalized spacial score (nSPS) is 25.4. The van der Waals surface area contributed by atoms with E-state index in [-0.39, 0.29) is 11.8 Å². The summed E-state index contributed by atoms with van der Waals surface area (Å²) in [6, 6.07) is 8.12. The highest BCUT2D eigenvalue weighted by Crippen LogP contribution is 2.40. The Bertz CT molecular complexity index is 512. The van der Waals surface area contributed by atoms with E-state index in [1.165, 1.54) is 11.1 Å². The number of benzene rings is 1. The number of amides is 1. The zero-order valence-corrected chi connectivity index (χ0v) is 10.0. The smallest absolute Gasteiger partial charge is 0.307 e. The average Bonchev–Trinajstić information content (AvgIpc) is 3.17. The lowest BCUT2D eigenvalue weighted by atomic mass is 9.99. The van der Waals surface area contributed by atoms with Crippen LogP contribution in [0.25, 0.3) is 0 Å². The quantitative estimate of drug-likeness (QED) is 0.854. The molecular formula is C14H15NO3. The SMILES string of the molecule is O=C(O)[C@@H]1C[C@@H]1C(=O)N1CCc2ccccc2C1. The molecule has 2 aliphatic rings. The lowest BCUT2D eigenvalue weighted by Crippen LogP contribution is -2.37. The zero-order chi connectivity index (χ0) is 12.7. The molecule has 1 saturated carbocycles. The fourth-order valence-corrected chi connectivity index (χ4v) is 2.66. The summed E-state index contributed by atoms with van der Waals surface area (Å²) in [4.78, 5) is 24.7. The Morgan fingerprint density at radius 1 is 1.17 bits per heavy atom. The van der Waals surface area contributed by atoms with E-state index in [0.717, 1.165) is 6.42 Å². The first-order valence-corrected chi connectivity index (χ1v) is 6.25. The second-order valence-electron chi connectivity index (χ2n) is 5.07. The summed E-state index contributed by atoms with van der Waals surface area (Å²) in [7, 11) is 0. The van der Waals surface area contributed by atoms with Gasteiger partial charge in [-0.05, 0) is 24.0 Å². The van der Waals surface area contributed by atoms with E-state index in [4.69, 9.17) is 5.11 Å². The first kappa shape index (κ1) is 11.3. The topological polar surface area (TPSA) is 57.6 Å². The molecule has 18 heavy (non-hydrogen) atoms. The van der Waals surface area contributed by atoms with Crippen molar-refractivity contribution in [2.75, 3.05) is 6.54 Å². The minimum absolute atomic E-state index is 0.0110. The minimum Gasteiger partial charge on any atom is -0.481 e. The highest BCUT2D eigenvalue weighted by atomic mass is 16.4. The van der Waals surface area contributed by atoms with E-state index < -0.39 is 11.9 Å². The van der Waals surface area contributed by atoms with Crippen molar-refractivity contribution in [3.63, 3.8) is 0 Å². The van der Waals surface area contributed by atoms with Crippen LogP contribution in [0.4, 0.5) is 0 Å². The van der Waals surface area contributed by atoms with Crippen LogP contribution in [0.3, 0.4) is 0 Å². The van der Waals surface area contributed by atoms with Gasteiger partial charge in [-0.3, -0.25) is 9.59 Å². The van der Waals surface area contributed by atoms with E-state index in [1.807, 2.05) is 18.2 Å². The Morgan fingerprint density at radius 3 is 2.56 bits per heavy atom. The molecule has 2 atom stereocenters. The molecule has 1 amide bonds. The van der Waals surface area contributed by atoms with Crippen LogP contribution in [0.1, 0.15) is 17.5 Å². The Morgan fingerprint density at radius 2 is 1.89 bits per heavy atom. The van der Waals surface area contributed by atoms with Crippen molar-refractivity contribution >= 4 is 11.9 Å². The van der Waals surface area contributed by atoms with Crippen LogP contribution in [0, 0.1) is 11.8 Å². The molecule has 0 aromatic heterocycles. The van der Waals surface area contributed by atoms with E-state index in [9.17, 15) is 9.59 Å². The number of fused-ring (bicyclic) bond motifs is 1. The van der Waals surface area contributed by atoms with Crippen molar-refractivity contribution < 1.29 is 14.7 Å². The second kappa shape index (κ2) is 4.12. The van der Waals surface area contributed by atoms with Crippen molar-refractivity contribution in [2.24, 2.45) is 11.8 Å². The third-order valence-electron chi connectivity index (χ3n) is 3.87. The van der Waals surface area contributed by atoms with Gasteiger partial charge in [-0.1, -0.05) is 24.3 Å². The fraction of sp³-hybridized carbons (Fsp3) is 0.429. The Labute approximate surface area is 105 Å². The van der Waals surface area contributed by atoms with Gasteiger partial charge in [0.25, 0.3) is 0 Å². The van der Waals surface area contributed by atoms with E-state index in [0.29, 0.717) is 19.5 Å². The van der Waals surface area contributed by atoms with Gasteiger partial charge in [0.2, 0.25) is 5.91 Å². The summed E-state index contributed by atoms with van der Waals surface area (Å²) in [6.07, 6.45) is 1.37. The summed E-state index contributed by atoms with van der Waals surface area (Å²) in [5, 5.41) is 8.86. The largest absolute Gasteiger partial charge is 0.481 e. The summed E-state index contributed by atoms with van der Waals surface area (Å²) >= 11 is 0. The van der Waals surface area contributed by atoms with Gasteiger partial charge in [-0.15, -0.1) is 0 Å².